The minimum Gasteiger partial charge on any atom is -0.459 e. The summed E-state index contributed by atoms with van der Waals surface area (Å²) in [4.78, 5) is 24.9. The number of unbranched alkanes of at least 4 members (excludes halogenated alkanes) is 2. The first kappa shape index (κ1) is 24.4. The second-order valence-electron chi connectivity index (χ2n) is 9.96. The maximum Gasteiger partial charge on any atom is 0.343 e. The van der Waals surface area contributed by atoms with Gasteiger partial charge in [0.05, 0.1) is 11.1 Å². The second kappa shape index (κ2) is 11.6. The topological polar surface area (TPSA) is 52.6 Å². The number of fused-ring (bicyclic) bond motifs is 1. The van der Waals surface area contributed by atoms with E-state index >= 15 is 0 Å². The van der Waals surface area contributed by atoms with Crippen molar-refractivity contribution in [2.24, 2.45) is 17.8 Å². The van der Waals surface area contributed by atoms with Crippen molar-refractivity contribution in [3.63, 3.8) is 0 Å². The van der Waals surface area contributed by atoms with Crippen LogP contribution in [0, 0.1) is 23.6 Å². The fourth-order valence-corrected chi connectivity index (χ4v) is 5.66. The van der Waals surface area contributed by atoms with Gasteiger partial charge in [-0.15, -0.1) is 0 Å². The Morgan fingerprint density at radius 1 is 0.882 bits per heavy atom. The molecular formula is C29H35FO4. The predicted molar refractivity (Wildman–Crippen MR) is 129 cm³/mol. The molecule has 0 aliphatic heterocycles. The lowest BCUT2D eigenvalue weighted by Gasteiger charge is -2.42. The molecule has 2 fully saturated rings. The summed E-state index contributed by atoms with van der Waals surface area (Å²) in [7, 11) is 0. The van der Waals surface area contributed by atoms with Crippen molar-refractivity contribution in [2.75, 3.05) is 0 Å². The lowest BCUT2D eigenvalue weighted by Crippen LogP contribution is -2.35. The van der Waals surface area contributed by atoms with Crippen LogP contribution in [0.2, 0.25) is 0 Å². The van der Waals surface area contributed by atoms with E-state index < -0.39 is 11.8 Å². The van der Waals surface area contributed by atoms with E-state index in [1.54, 1.807) is 24.3 Å². The van der Waals surface area contributed by atoms with Crippen LogP contribution in [0.15, 0.2) is 48.5 Å². The number of hydrogen-bond donors (Lipinski definition) is 0. The van der Waals surface area contributed by atoms with Crippen LogP contribution in [0.25, 0.3) is 0 Å². The lowest BCUT2D eigenvalue weighted by atomic mass is 9.66. The first-order chi connectivity index (χ1) is 16.5. The highest BCUT2D eigenvalue weighted by atomic mass is 19.1. The van der Waals surface area contributed by atoms with Crippen molar-refractivity contribution in [2.45, 2.75) is 77.2 Å². The fraction of sp³-hybridized carbons (Fsp3) is 0.517. The average Bonchev–Trinajstić information content (AvgIpc) is 2.84. The Balaban J connectivity index is 1.25. The molecule has 34 heavy (non-hydrogen) atoms. The van der Waals surface area contributed by atoms with Gasteiger partial charge in [-0.05, 0) is 92.3 Å². The molecule has 0 N–H and O–H groups in total. The normalized spacial score (nSPS) is 24.2. The molecule has 2 aliphatic rings. The molecule has 0 heterocycles. The van der Waals surface area contributed by atoms with Crippen molar-refractivity contribution in [3.8, 4) is 5.75 Å². The Bertz CT molecular complexity index is 970. The molecule has 5 heteroatoms. The smallest absolute Gasteiger partial charge is 0.343 e. The summed E-state index contributed by atoms with van der Waals surface area (Å²) in [5, 5.41) is 0. The highest BCUT2D eigenvalue weighted by Crippen LogP contribution is 2.44. The quantitative estimate of drug-likeness (QED) is 0.232. The van der Waals surface area contributed by atoms with E-state index in [0.29, 0.717) is 17.2 Å². The van der Waals surface area contributed by atoms with Gasteiger partial charge in [-0.2, -0.15) is 0 Å². The summed E-state index contributed by atoms with van der Waals surface area (Å²) >= 11 is 0. The van der Waals surface area contributed by atoms with Gasteiger partial charge in [0.15, 0.2) is 0 Å². The Hall–Kier alpha value is -2.69. The van der Waals surface area contributed by atoms with Gasteiger partial charge in [0.2, 0.25) is 0 Å². The summed E-state index contributed by atoms with van der Waals surface area (Å²) in [5.41, 5.74) is 0.571. The number of rotatable bonds is 8. The summed E-state index contributed by atoms with van der Waals surface area (Å²) < 4.78 is 24.4. The van der Waals surface area contributed by atoms with E-state index in [4.69, 9.17) is 9.47 Å². The average molecular weight is 467 g/mol. The number of carbonyl (C=O) groups is 2. The molecule has 4 nitrogen and oxygen atoms in total. The van der Waals surface area contributed by atoms with Crippen molar-refractivity contribution in [1.82, 2.24) is 0 Å². The molecule has 0 saturated heterocycles. The predicted octanol–water partition coefficient (Wildman–Crippen LogP) is 7.37. The third-order valence-corrected chi connectivity index (χ3v) is 7.52. The highest BCUT2D eigenvalue weighted by Gasteiger charge is 2.36. The van der Waals surface area contributed by atoms with Crippen LogP contribution in [-0.4, -0.2) is 18.0 Å². The van der Waals surface area contributed by atoms with E-state index in [0.717, 1.165) is 37.2 Å². The Morgan fingerprint density at radius 3 is 2.41 bits per heavy atom. The van der Waals surface area contributed by atoms with Gasteiger partial charge in [-0.1, -0.05) is 45.1 Å². The SMILES string of the molecule is CCCCC[C@@H]1CC[C@@H]2C[C@H](OC(=O)c3ccc(OC(=O)c4cccc(F)c4)cc3)CC[C@@H]2C1. The zero-order valence-corrected chi connectivity index (χ0v) is 20.0. The minimum absolute atomic E-state index is 0.0177. The molecule has 2 aliphatic carbocycles. The van der Waals surface area contributed by atoms with Crippen molar-refractivity contribution in [1.29, 1.82) is 0 Å². The lowest BCUT2D eigenvalue weighted by molar-refractivity contribution is -0.00628. The number of carbonyl (C=O) groups excluding carboxylic acids is 2. The first-order valence-electron chi connectivity index (χ1n) is 12.8. The first-order valence-corrected chi connectivity index (χ1v) is 12.8. The minimum atomic E-state index is -0.647. The van der Waals surface area contributed by atoms with Crippen molar-refractivity contribution >= 4 is 11.9 Å². The molecule has 2 saturated carbocycles. The van der Waals surface area contributed by atoms with Crippen LogP contribution >= 0.6 is 0 Å². The maximum atomic E-state index is 13.3. The molecule has 2 aromatic carbocycles. The van der Waals surface area contributed by atoms with E-state index in [9.17, 15) is 14.0 Å². The van der Waals surface area contributed by atoms with Gasteiger partial charge < -0.3 is 9.47 Å². The summed E-state index contributed by atoms with van der Waals surface area (Å²) in [6.45, 7) is 2.26. The Morgan fingerprint density at radius 2 is 1.65 bits per heavy atom. The highest BCUT2D eigenvalue weighted by molar-refractivity contribution is 5.92. The van der Waals surface area contributed by atoms with Gasteiger partial charge >= 0.3 is 11.9 Å². The molecule has 4 rings (SSSR count). The van der Waals surface area contributed by atoms with Crippen molar-refractivity contribution in [3.05, 3.63) is 65.5 Å². The van der Waals surface area contributed by atoms with Crippen LogP contribution in [-0.2, 0) is 4.74 Å². The molecule has 0 spiro atoms. The zero-order valence-electron chi connectivity index (χ0n) is 20.0. The summed E-state index contributed by atoms with van der Waals surface area (Å²) in [5.74, 6) is 1.18. The number of halogens is 1. The Labute approximate surface area is 201 Å². The van der Waals surface area contributed by atoms with E-state index in [1.165, 1.54) is 63.1 Å². The molecular weight excluding hydrogens is 431 g/mol. The van der Waals surface area contributed by atoms with Gasteiger partial charge in [0.1, 0.15) is 17.7 Å². The molecule has 0 unspecified atom stereocenters. The van der Waals surface area contributed by atoms with Crippen LogP contribution in [0.4, 0.5) is 4.39 Å². The van der Waals surface area contributed by atoms with Crippen LogP contribution in [0.5, 0.6) is 5.75 Å². The van der Waals surface area contributed by atoms with Gasteiger partial charge in [-0.3, -0.25) is 0 Å². The molecule has 0 amide bonds. The second-order valence-corrected chi connectivity index (χ2v) is 9.96. The molecule has 182 valence electrons. The number of ether oxygens (including phenoxy) is 2. The van der Waals surface area contributed by atoms with E-state index in [1.807, 2.05) is 0 Å². The van der Waals surface area contributed by atoms with Gasteiger partial charge in [0.25, 0.3) is 0 Å². The van der Waals surface area contributed by atoms with Crippen LogP contribution < -0.4 is 4.74 Å². The summed E-state index contributed by atoms with van der Waals surface area (Å²) in [6.07, 6.45) is 12.4. The molecule has 4 atom stereocenters. The monoisotopic (exact) mass is 466 g/mol. The number of benzene rings is 2. The maximum absolute atomic E-state index is 13.3. The third-order valence-electron chi connectivity index (χ3n) is 7.52. The molecule has 0 aromatic heterocycles. The van der Waals surface area contributed by atoms with Crippen molar-refractivity contribution < 1.29 is 23.5 Å². The largest absolute Gasteiger partial charge is 0.459 e. The van der Waals surface area contributed by atoms with Crippen LogP contribution in [0.1, 0.15) is 91.8 Å². The number of esters is 2. The molecule has 2 aromatic rings. The van der Waals surface area contributed by atoms with Gasteiger partial charge in [-0.25, -0.2) is 14.0 Å². The Kier molecular flexibility index (Phi) is 8.36. The van der Waals surface area contributed by atoms with Gasteiger partial charge in [0, 0.05) is 0 Å². The standard InChI is InChI=1S/C29H35FO4/c1-2-3-4-6-20-9-10-23-19-27(16-13-22(23)17-20)34-28(31)21-11-14-26(15-12-21)33-29(32)24-7-5-8-25(30)18-24/h5,7-8,11-12,14-15,18,20,22-23,27H,2-4,6,9-10,13,16-17,19H2,1H3/t20-,22-,23-,27-/m1/s1. The summed E-state index contributed by atoms with van der Waals surface area (Å²) in [6, 6.07) is 11.7. The fourth-order valence-electron chi connectivity index (χ4n) is 5.66. The third kappa shape index (κ3) is 6.46. The number of hydrogen-bond acceptors (Lipinski definition) is 4. The zero-order chi connectivity index (χ0) is 23.9. The van der Waals surface area contributed by atoms with E-state index in [-0.39, 0.29) is 17.6 Å². The molecule has 0 bridgehead atoms. The van der Waals surface area contributed by atoms with Crippen LogP contribution in [0.3, 0.4) is 0 Å². The van der Waals surface area contributed by atoms with E-state index in [2.05, 4.69) is 6.92 Å². The molecule has 0 radical (unpaired) electrons.